The van der Waals surface area contributed by atoms with Gasteiger partial charge in [0, 0.05) is 22.7 Å². The molecule has 1 aliphatic rings. The van der Waals surface area contributed by atoms with Gasteiger partial charge in [-0.1, -0.05) is 0 Å². The molecule has 3 nitrogen and oxygen atoms in total. The third kappa shape index (κ3) is 0.855. The highest BCUT2D eigenvalue weighted by molar-refractivity contribution is 9.07. The Labute approximate surface area is 55.6 Å². The molecule has 1 saturated heterocycles. The molecule has 1 fully saturated rings. The summed E-state index contributed by atoms with van der Waals surface area (Å²) in [5, 5.41) is 8.33. The van der Waals surface area contributed by atoms with Gasteiger partial charge in [0.15, 0.2) is 0 Å². The molecule has 0 saturated carbocycles. The van der Waals surface area contributed by atoms with Gasteiger partial charge in [0.1, 0.15) is 6.04 Å². The van der Waals surface area contributed by atoms with Gasteiger partial charge in [-0.25, -0.2) is 3.93 Å². The standard InChI is InChI=1S/C4H6BrNO2/c5-6-2-1-3(6)4(7)8/h3H,1-2H2,(H,7,8)/t3-/m0/s1. The molecule has 4 heteroatoms. The van der Waals surface area contributed by atoms with Crippen LogP contribution in [0.2, 0.25) is 0 Å². The Morgan fingerprint density at radius 1 is 1.88 bits per heavy atom. The predicted octanol–water partition coefficient (Wildman–Crippen LogP) is 0.455. The Bertz CT molecular complexity index is 117. The lowest BCUT2D eigenvalue weighted by Crippen LogP contribution is -2.45. The summed E-state index contributed by atoms with van der Waals surface area (Å²) in [5.41, 5.74) is 0. The zero-order chi connectivity index (χ0) is 6.15. The summed E-state index contributed by atoms with van der Waals surface area (Å²) in [6.45, 7) is 0.844. The minimum atomic E-state index is -0.742. The summed E-state index contributed by atoms with van der Waals surface area (Å²) in [7, 11) is 0. The van der Waals surface area contributed by atoms with E-state index < -0.39 is 5.97 Å². The molecule has 1 N–H and O–H groups in total. The van der Waals surface area contributed by atoms with Gasteiger partial charge in [0.2, 0.25) is 0 Å². The lowest BCUT2D eigenvalue weighted by atomic mass is 10.1. The summed E-state index contributed by atoms with van der Waals surface area (Å²) in [6, 6.07) is -0.282. The van der Waals surface area contributed by atoms with Gasteiger partial charge < -0.3 is 5.11 Å². The highest BCUT2D eigenvalue weighted by atomic mass is 79.9. The fourth-order valence-corrected chi connectivity index (χ4v) is 1.18. The normalized spacial score (nSPS) is 29.4. The third-order valence-corrected chi connectivity index (χ3v) is 2.09. The quantitative estimate of drug-likeness (QED) is 0.595. The molecule has 1 atom stereocenters. The van der Waals surface area contributed by atoms with E-state index in [-0.39, 0.29) is 6.04 Å². The van der Waals surface area contributed by atoms with Crippen molar-refractivity contribution in [2.75, 3.05) is 6.54 Å². The Balaban J connectivity index is 2.37. The first-order chi connectivity index (χ1) is 3.72. The van der Waals surface area contributed by atoms with E-state index in [0.29, 0.717) is 0 Å². The molecule has 46 valence electrons. The fraction of sp³-hybridized carbons (Fsp3) is 0.750. The molecule has 8 heavy (non-hydrogen) atoms. The second kappa shape index (κ2) is 2.03. The van der Waals surface area contributed by atoms with E-state index in [1.54, 1.807) is 3.93 Å². The maximum Gasteiger partial charge on any atom is 0.321 e. The summed E-state index contributed by atoms with van der Waals surface area (Å²) in [5.74, 6) is -0.742. The van der Waals surface area contributed by atoms with Gasteiger partial charge in [-0.05, 0) is 6.42 Å². The van der Waals surface area contributed by atoms with Crippen molar-refractivity contribution < 1.29 is 9.90 Å². The highest BCUT2D eigenvalue weighted by Gasteiger charge is 2.31. The average molecular weight is 180 g/mol. The van der Waals surface area contributed by atoms with E-state index >= 15 is 0 Å². The van der Waals surface area contributed by atoms with Crippen molar-refractivity contribution in [3.8, 4) is 0 Å². The number of carboxylic acid groups (broad SMARTS) is 1. The lowest BCUT2D eigenvalue weighted by Gasteiger charge is -2.31. The summed E-state index contributed by atoms with van der Waals surface area (Å²) in [6.07, 6.45) is 0.764. The molecule has 0 aliphatic carbocycles. The predicted molar refractivity (Wildman–Crippen MR) is 31.7 cm³/mol. The first-order valence-corrected chi connectivity index (χ1v) is 3.08. The van der Waals surface area contributed by atoms with Crippen molar-refractivity contribution in [1.29, 1.82) is 0 Å². The van der Waals surface area contributed by atoms with Gasteiger partial charge in [-0.2, -0.15) is 0 Å². The van der Waals surface area contributed by atoms with Crippen molar-refractivity contribution in [1.82, 2.24) is 3.93 Å². The Morgan fingerprint density at radius 2 is 2.50 bits per heavy atom. The molecule has 0 amide bonds. The molecule has 0 radical (unpaired) electrons. The summed E-state index contributed by atoms with van der Waals surface area (Å²) < 4.78 is 1.63. The number of nitrogens with zero attached hydrogens (tertiary/aromatic N) is 1. The van der Waals surface area contributed by atoms with Gasteiger partial charge in [0.25, 0.3) is 0 Å². The minimum Gasteiger partial charge on any atom is -0.480 e. The van der Waals surface area contributed by atoms with Crippen LogP contribution in [-0.2, 0) is 4.79 Å². The topological polar surface area (TPSA) is 40.5 Å². The van der Waals surface area contributed by atoms with Gasteiger partial charge in [-0.3, -0.25) is 4.79 Å². The van der Waals surface area contributed by atoms with Crippen LogP contribution >= 0.6 is 16.1 Å². The average Bonchev–Trinajstić information content (AvgIpc) is 1.61. The zero-order valence-electron chi connectivity index (χ0n) is 4.17. The number of halogens is 1. The van der Waals surface area contributed by atoms with Gasteiger partial charge >= 0.3 is 5.97 Å². The first kappa shape index (κ1) is 6.04. The van der Waals surface area contributed by atoms with E-state index in [1.165, 1.54) is 0 Å². The fourth-order valence-electron chi connectivity index (χ4n) is 0.599. The van der Waals surface area contributed by atoms with Crippen LogP contribution in [0.5, 0.6) is 0 Å². The van der Waals surface area contributed by atoms with Crippen LogP contribution in [0.15, 0.2) is 0 Å². The van der Waals surface area contributed by atoms with E-state index in [4.69, 9.17) is 5.11 Å². The largest absolute Gasteiger partial charge is 0.480 e. The molecule has 0 bridgehead atoms. The molecule has 1 rings (SSSR count). The Hall–Kier alpha value is -0.0900. The number of hydrogen-bond donors (Lipinski definition) is 1. The lowest BCUT2D eigenvalue weighted by molar-refractivity contribution is -0.144. The molecule has 0 spiro atoms. The number of carboxylic acids is 1. The number of rotatable bonds is 1. The molecule has 0 aromatic rings. The summed E-state index contributed by atoms with van der Waals surface area (Å²) >= 11 is 3.08. The molecular formula is C4H6BrNO2. The molecule has 1 heterocycles. The van der Waals surface area contributed by atoms with Crippen molar-refractivity contribution in [2.45, 2.75) is 12.5 Å². The second-order valence-corrected chi connectivity index (χ2v) is 2.68. The van der Waals surface area contributed by atoms with Crippen molar-refractivity contribution >= 4 is 22.1 Å². The van der Waals surface area contributed by atoms with E-state index in [0.717, 1.165) is 13.0 Å². The van der Waals surface area contributed by atoms with E-state index in [1.807, 2.05) is 0 Å². The van der Waals surface area contributed by atoms with E-state index in [9.17, 15) is 4.79 Å². The molecule has 0 aromatic carbocycles. The number of hydrogen-bond acceptors (Lipinski definition) is 2. The monoisotopic (exact) mass is 179 g/mol. The van der Waals surface area contributed by atoms with Gasteiger partial charge in [0.05, 0.1) is 0 Å². The van der Waals surface area contributed by atoms with Gasteiger partial charge in [-0.15, -0.1) is 0 Å². The zero-order valence-corrected chi connectivity index (χ0v) is 5.76. The maximum absolute atomic E-state index is 10.1. The van der Waals surface area contributed by atoms with E-state index in [2.05, 4.69) is 16.1 Å². The number of carbonyl (C=O) groups is 1. The second-order valence-electron chi connectivity index (χ2n) is 1.77. The smallest absolute Gasteiger partial charge is 0.321 e. The van der Waals surface area contributed by atoms with Crippen LogP contribution in [0.3, 0.4) is 0 Å². The first-order valence-electron chi connectivity index (χ1n) is 2.37. The Morgan fingerprint density at radius 3 is 2.50 bits per heavy atom. The van der Waals surface area contributed by atoms with Crippen LogP contribution in [-0.4, -0.2) is 27.6 Å². The third-order valence-electron chi connectivity index (χ3n) is 1.24. The summed E-state index contributed by atoms with van der Waals surface area (Å²) in [4.78, 5) is 10.1. The van der Waals surface area contributed by atoms with Crippen LogP contribution in [0.4, 0.5) is 0 Å². The molecular weight excluding hydrogens is 174 g/mol. The Kier molecular flexibility index (Phi) is 1.53. The SMILES string of the molecule is O=C(O)[C@@H]1CCN1Br. The highest BCUT2D eigenvalue weighted by Crippen LogP contribution is 2.20. The number of aliphatic carboxylic acids is 1. The van der Waals surface area contributed by atoms with Crippen molar-refractivity contribution in [3.63, 3.8) is 0 Å². The van der Waals surface area contributed by atoms with Crippen LogP contribution < -0.4 is 0 Å². The van der Waals surface area contributed by atoms with Crippen LogP contribution in [0.1, 0.15) is 6.42 Å². The molecule has 1 aliphatic heterocycles. The van der Waals surface area contributed by atoms with Crippen molar-refractivity contribution in [2.24, 2.45) is 0 Å². The minimum absolute atomic E-state index is 0.282. The molecule has 0 aromatic heterocycles. The maximum atomic E-state index is 10.1. The van der Waals surface area contributed by atoms with Crippen LogP contribution in [0, 0.1) is 0 Å². The van der Waals surface area contributed by atoms with Crippen LogP contribution in [0.25, 0.3) is 0 Å². The molecule has 0 unspecified atom stereocenters. The van der Waals surface area contributed by atoms with Crippen molar-refractivity contribution in [3.05, 3.63) is 0 Å².